The minimum atomic E-state index is -0.681. The maximum Gasteiger partial charge on any atom is 0.271 e. The van der Waals surface area contributed by atoms with E-state index in [0.717, 1.165) is 27.5 Å². The van der Waals surface area contributed by atoms with Gasteiger partial charge in [-0.3, -0.25) is 14.5 Å². The Hall–Kier alpha value is -5.29. The SMILES string of the molecule is CC1=C(C#N)C(=O)N(Cc2ccc(F)cc2)C(=O)/C1=C/c1cn(-c2ccccc2)nc1-c1ccc(OCC(C)C)cc1C. The van der Waals surface area contributed by atoms with E-state index in [0.29, 0.717) is 34.9 Å². The number of ether oxygens (including phenoxy) is 1. The third-order valence-electron chi connectivity index (χ3n) is 7.18. The average Bonchev–Trinajstić information content (AvgIpc) is 3.41. The molecule has 216 valence electrons. The molecule has 8 heteroatoms. The van der Waals surface area contributed by atoms with E-state index in [-0.39, 0.29) is 17.7 Å². The second-order valence-corrected chi connectivity index (χ2v) is 10.9. The van der Waals surface area contributed by atoms with Crippen molar-refractivity contribution in [2.24, 2.45) is 5.92 Å². The lowest BCUT2D eigenvalue weighted by Gasteiger charge is -2.27. The Morgan fingerprint density at radius 1 is 1.00 bits per heavy atom. The molecular weight excluding hydrogens is 543 g/mol. The Morgan fingerprint density at radius 2 is 1.72 bits per heavy atom. The number of imide groups is 1. The molecule has 0 fully saturated rings. The molecule has 0 spiro atoms. The molecule has 0 bridgehead atoms. The zero-order valence-corrected chi connectivity index (χ0v) is 24.5. The quantitative estimate of drug-likeness (QED) is 0.170. The molecule has 1 aliphatic heterocycles. The van der Waals surface area contributed by atoms with Crippen LogP contribution in [-0.2, 0) is 16.1 Å². The monoisotopic (exact) mass is 574 g/mol. The number of aromatic nitrogens is 2. The molecule has 3 aromatic carbocycles. The van der Waals surface area contributed by atoms with Gasteiger partial charge in [-0.2, -0.15) is 10.4 Å². The highest BCUT2D eigenvalue weighted by molar-refractivity contribution is 6.19. The molecule has 7 nitrogen and oxygen atoms in total. The molecule has 0 N–H and O–H groups in total. The first-order valence-corrected chi connectivity index (χ1v) is 14.0. The second kappa shape index (κ2) is 12.3. The fourth-order valence-corrected chi connectivity index (χ4v) is 4.87. The average molecular weight is 575 g/mol. The van der Waals surface area contributed by atoms with Crippen molar-refractivity contribution in [2.45, 2.75) is 34.2 Å². The summed E-state index contributed by atoms with van der Waals surface area (Å²) in [4.78, 5) is 28.0. The van der Waals surface area contributed by atoms with Crippen molar-refractivity contribution in [1.29, 1.82) is 5.26 Å². The number of nitriles is 1. The molecule has 5 rings (SSSR count). The zero-order valence-electron chi connectivity index (χ0n) is 24.5. The number of benzene rings is 3. The summed E-state index contributed by atoms with van der Waals surface area (Å²) in [7, 11) is 0. The fourth-order valence-electron chi connectivity index (χ4n) is 4.87. The van der Waals surface area contributed by atoms with Crippen molar-refractivity contribution in [3.8, 4) is 28.8 Å². The fraction of sp³-hybridized carbons (Fsp3) is 0.200. The van der Waals surface area contributed by atoms with Gasteiger partial charge < -0.3 is 4.74 Å². The van der Waals surface area contributed by atoms with Gasteiger partial charge in [-0.15, -0.1) is 0 Å². The van der Waals surface area contributed by atoms with Crippen LogP contribution in [0.4, 0.5) is 4.39 Å². The topological polar surface area (TPSA) is 88.2 Å². The molecule has 0 radical (unpaired) electrons. The second-order valence-electron chi connectivity index (χ2n) is 10.9. The van der Waals surface area contributed by atoms with Crippen LogP contribution in [-0.4, -0.2) is 33.1 Å². The highest BCUT2D eigenvalue weighted by atomic mass is 19.1. The van der Waals surface area contributed by atoms with Crippen molar-refractivity contribution in [3.05, 3.63) is 118 Å². The highest BCUT2D eigenvalue weighted by Crippen LogP contribution is 2.34. The standard InChI is InChI=1S/C35H31FN4O3/c1-22(2)21-43-29-14-15-30(23(3)16-29)33-26(20-40(38-33)28-8-6-5-7-9-28)17-31-24(4)32(18-37)35(42)39(34(31)41)19-25-10-12-27(36)13-11-25/h5-17,20,22H,19,21H2,1-4H3/b31-17+. The number of hydrogen-bond acceptors (Lipinski definition) is 5. The number of aryl methyl sites for hydroxylation is 1. The van der Waals surface area contributed by atoms with Gasteiger partial charge in [-0.05, 0) is 85.0 Å². The summed E-state index contributed by atoms with van der Waals surface area (Å²) in [6, 6.07) is 22.9. The van der Waals surface area contributed by atoms with Crippen LogP contribution in [0.15, 0.2) is 95.7 Å². The van der Waals surface area contributed by atoms with Gasteiger partial charge in [-0.1, -0.05) is 44.2 Å². The lowest BCUT2D eigenvalue weighted by atomic mass is 9.92. The number of amides is 2. The van der Waals surface area contributed by atoms with Crippen molar-refractivity contribution < 1.29 is 18.7 Å². The zero-order chi connectivity index (χ0) is 30.7. The van der Waals surface area contributed by atoms with Gasteiger partial charge in [0.15, 0.2) is 0 Å². The number of nitrogens with zero attached hydrogens (tertiary/aromatic N) is 4. The Bertz CT molecular complexity index is 1790. The van der Waals surface area contributed by atoms with E-state index in [1.54, 1.807) is 17.7 Å². The Morgan fingerprint density at radius 3 is 2.37 bits per heavy atom. The summed E-state index contributed by atoms with van der Waals surface area (Å²) in [5.41, 5.74) is 4.83. The van der Waals surface area contributed by atoms with Gasteiger partial charge in [-0.25, -0.2) is 9.07 Å². The van der Waals surface area contributed by atoms with Gasteiger partial charge >= 0.3 is 0 Å². The molecular formula is C35H31FN4O3. The molecule has 1 aliphatic rings. The number of rotatable bonds is 8. The van der Waals surface area contributed by atoms with E-state index in [2.05, 4.69) is 13.8 Å². The van der Waals surface area contributed by atoms with Gasteiger partial charge in [0.25, 0.3) is 11.8 Å². The van der Waals surface area contributed by atoms with Crippen LogP contribution < -0.4 is 4.74 Å². The first kappa shape index (κ1) is 29.2. The lowest BCUT2D eigenvalue weighted by molar-refractivity contribution is -0.141. The Balaban J connectivity index is 1.62. The highest BCUT2D eigenvalue weighted by Gasteiger charge is 2.35. The Kier molecular flexibility index (Phi) is 8.35. The maximum absolute atomic E-state index is 13.8. The smallest absolute Gasteiger partial charge is 0.271 e. The number of carbonyl (C=O) groups excluding carboxylic acids is 2. The minimum Gasteiger partial charge on any atom is -0.493 e. The van der Waals surface area contributed by atoms with E-state index in [9.17, 15) is 19.2 Å². The molecule has 0 saturated heterocycles. The molecule has 4 aromatic rings. The molecule has 43 heavy (non-hydrogen) atoms. The molecule has 0 atom stereocenters. The number of hydrogen-bond donors (Lipinski definition) is 0. The molecule has 2 heterocycles. The summed E-state index contributed by atoms with van der Waals surface area (Å²) in [6.07, 6.45) is 3.51. The third-order valence-corrected chi connectivity index (χ3v) is 7.18. The van der Waals surface area contributed by atoms with E-state index >= 15 is 0 Å². The van der Waals surface area contributed by atoms with Crippen LogP contribution in [0.3, 0.4) is 0 Å². The third kappa shape index (κ3) is 6.16. The number of carbonyl (C=O) groups is 2. The van der Waals surface area contributed by atoms with Crippen LogP contribution in [0.5, 0.6) is 5.75 Å². The first-order chi connectivity index (χ1) is 20.7. The summed E-state index contributed by atoms with van der Waals surface area (Å²) >= 11 is 0. The van der Waals surface area contributed by atoms with Crippen molar-refractivity contribution in [1.82, 2.24) is 14.7 Å². The summed E-state index contributed by atoms with van der Waals surface area (Å²) in [6.45, 7) is 8.26. The van der Waals surface area contributed by atoms with E-state index in [4.69, 9.17) is 9.84 Å². The van der Waals surface area contributed by atoms with Gasteiger partial charge in [0.1, 0.15) is 28.9 Å². The number of halogens is 1. The lowest BCUT2D eigenvalue weighted by Crippen LogP contribution is -2.42. The van der Waals surface area contributed by atoms with E-state index < -0.39 is 17.6 Å². The summed E-state index contributed by atoms with van der Waals surface area (Å²) in [5.74, 6) is -0.506. The van der Waals surface area contributed by atoms with Crippen LogP contribution in [0.2, 0.25) is 0 Å². The first-order valence-electron chi connectivity index (χ1n) is 14.0. The molecule has 0 saturated carbocycles. The van der Waals surface area contributed by atoms with E-state index in [1.165, 1.54) is 24.3 Å². The molecule has 0 unspecified atom stereocenters. The summed E-state index contributed by atoms with van der Waals surface area (Å²) < 4.78 is 21.1. The molecule has 2 amide bonds. The van der Waals surface area contributed by atoms with Gasteiger partial charge in [0, 0.05) is 22.9 Å². The minimum absolute atomic E-state index is 0.0964. The molecule has 0 aliphatic carbocycles. The largest absolute Gasteiger partial charge is 0.493 e. The van der Waals surface area contributed by atoms with Crippen LogP contribution >= 0.6 is 0 Å². The number of para-hydroxylation sites is 1. The van der Waals surface area contributed by atoms with Crippen molar-refractivity contribution >= 4 is 17.9 Å². The molecule has 1 aromatic heterocycles. The van der Waals surface area contributed by atoms with Crippen molar-refractivity contribution in [3.63, 3.8) is 0 Å². The van der Waals surface area contributed by atoms with Crippen LogP contribution in [0, 0.1) is 30.0 Å². The normalized spacial score (nSPS) is 14.5. The summed E-state index contributed by atoms with van der Waals surface area (Å²) in [5, 5.41) is 14.8. The van der Waals surface area contributed by atoms with Crippen LogP contribution in [0.25, 0.3) is 23.0 Å². The van der Waals surface area contributed by atoms with Gasteiger partial charge in [0.05, 0.1) is 18.8 Å². The predicted octanol–water partition coefficient (Wildman–Crippen LogP) is 6.81. The maximum atomic E-state index is 13.8. The predicted molar refractivity (Wildman–Crippen MR) is 162 cm³/mol. The van der Waals surface area contributed by atoms with Crippen molar-refractivity contribution in [2.75, 3.05) is 6.61 Å². The van der Waals surface area contributed by atoms with Crippen LogP contribution in [0.1, 0.15) is 37.5 Å². The Labute approximate surface area is 250 Å². The van der Waals surface area contributed by atoms with E-state index in [1.807, 2.05) is 67.7 Å². The van der Waals surface area contributed by atoms with Gasteiger partial charge in [0.2, 0.25) is 0 Å².